The molecule has 3 aliphatic heterocycles. The number of hydrogen-bond acceptors (Lipinski definition) is 5. The number of fused-ring (bicyclic) bond motifs is 1. The van der Waals surface area contributed by atoms with Gasteiger partial charge in [0.25, 0.3) is 0 Å². The molecule has 0 saturated carbocycles. The lowest BCUT2D eigenvalue weighted by atomic mass is 9.66. The number of aliphatic hydroxyl groups excluding tert-OH is 1. The van der Waals surface area contributed by atoms with Crippen molar-refractivity contribution >= 4 is 23.4 Å². The summed E-state index contributed by atoms with van der Waals surface area (Å²) in [4.78, 5) is 49.3. The third-order valence-corrected chi connectivity index (χ3v) is 9.90. The van der Waals surface area contributed by atoms with Crippen LogP contribution in [0.3, 0.4) is 0 Å². The molecule has 8 nitrogen and oxygen atoms in total. The average Bonchev–Trinajstić information content (AvgIpc) is 3.60. The molecule has 2 bridgehead atoms. The van der Waals surface area contributed by atoms with Crippen LogP contribution in [-0.2, 0) is 19.1 Å². The Balaban J connectivity index is 1.65. The van der Waals surface area contributed by atoms with E-state index in [1.807, 2.05) is 74.5 Å². The number of rotatable bonds is 13. The second-order valence-corrected chi connectivity index (χ2v) is 12.6. The van der Waals surface area contributed by atoms with Crippen LogP contribution in [0.5, 0.6) is 0 Å². The fraction of sp³-hybridized carbons (Fsp3) is 0.472. The summed E-state index contributed by atoms with van der Waals surface area (Å²) in [5.74, 6) is -2.50. The van der Waals surface area contributed by atoms with Gasteiger partial charge >= 0.3 is 0 Å². The van der Waals surface area contributed by atoms with Crippen molar-refractivity contribution in [3.8, 4) is 0 Å². The molecule has 2 aromatic carbocycles. The Hall–Kier alpha value is -3.75. The fourth-order valence-electron chi connectivity index (χ4n) is 7.97. The summed E-state index contributed by atoms with van der Waals surface area (Å²) in [5, 5.41) is 10.8. The maximum Gasteiger partial charge on any atom is 0.248 e. The van der Waals surface area contributed by atoms with E-state index in [9.17, 15) is 19.5 Å². The van der Waals surface area contributed by atoms with Crippen LogP contribution in [0.15, 0.2) is 86.0 Å². The molecule has 3 amide bonds. The van der Waals surface area contributed by atoms with Gasteiger partial charge < -0.3 is 24.5 Å². The monoisotopic (exact) mass is 599 g/mol. The third kappa shape index (κ3) is 5.08. The average molecular weight is 600 g/mol. The van der Waals surface area contributed by atoms with E-state index in [-0.39, 0.29) is 36.9 Å². The third-order valence-electron chi connectivity index (χ3n) is 9.90. The van der Waals surface area contributed by atoms with Crippen molar-refractivity contribution in [1.29, 1.82) is 0 Å². The zero-order valence-corrected chi connectivity index (χ0v) is 26.1. The number of hydrogen-bond donors (Lipinski definition) is 1. The zero-order valence-electron chi connectivity index (χ0n) is 26.1. The highest BCUT2D eigenvalue weighted by molar-refractivity contribution is 6.03. The van der Waals surface area contributed by atoms with Gasteiger partial charge in [-0.2, -0.15) is 0 Å². The van der Waals surface area contributed by atoms with Gasteiger partial charge in [-0.1, -0.05) is 74.0 Å². The van der Waals surface area contributed by atoms with E-state index in [2.05, 4.69) is 20.1 Å². The van der Waals surface area contributed by atoms with Crippen molar-refractivity contribution in [2.45, 2.75) is 75.8 Å². The molecule has 3 saturated heterocycles. The SMILES string of the molecule is C=CCN(C(=O)[C@H]1[C@H]2C(=O)N([C@H](CO)c3ccccc3)C(C(=O)N(CC=C)C(C)CCC)C23CC[C@]1(C)O3)c1ccccc1. The normalized spacial score (nSPS) is 28.3. The first kappa shape index (κ1) is 31.7. The van der Waals surface area contributed by atoms with Gasteiger partial charge in [-0.25, -0.2) is 0 Å². The van der Waals surface area contributed by atoms with Crippen molar-refractivity contribution in [3.05, 3.63) is 91.5 Å². The molecule has 3 aliphatic rings. The summed E-state index contributed by atoms with van der Waals surface area (Å²) in [6.07, 6.45) is 6.03. The van der Waals surface area contributed by atoms with Gasteiger partial charge in [0.1, 0.15) is 11.6 Å². The molecule has 234 valence electrons. The number of carbonyl (C=O) groups is 3. The largest absolute Gasteiger partial charge is 0.394 e. The van der Waals surface area contributed by atoms with Crippen LogP contribution in [0.4, 0.5) is 5.69 Å². The Morgan fingerprint density at radius 2 is 1.68 bits per heavy atom. The Kier molecular flexibility index (Phi) is 9.14. The summed E-state index contributed by atoms with van der Waals surface area (Å²) >= 11 is 0. The Morgan fingerprint density at radius 3 is 2.27 bits per heavy atom. The van der Waals surface area contributed by atoms with Gasteiger partial charge in [-0.15, -0.1) is 13.2 Å². The second-order valence-electron chi connectivity index (χ2n) is 12.6. The first-order chi connectivity index (χ1) is 21.2. The highest BCUT2D eigenvalue weighted by atomic mass is 16.5. The molecule has 0 radical (unpaired) electrons. The van der Waals surface area contributed by atoms with Crippen LogP contribution >= 0.6 is 0 Å². The molecule has 3 fully saturated rings. The molecule has 5 rings (SSSR count). The molecule has 1 N–H and O–H groups in total. The Bertz CT molecular complexity index is 1380. The van der Waals surface area contributed by atoms with Gasteiger partial charge in [0.15, 0.2) is 0 Å². The summed E-state index contributed by atoms with van der Waals surface area (Å²) in [7, 11) is 0. The van der Waals surface area contributed by atoms with Crippen LogP contribution in [0.25, 0.3) is 0 Å². The maximum atomic E-state index is 14.9. The molecule has 2 aromatic rings. The van der Waals surface area contributed by atoms with E-state index < -0.39 is 35.1 Å². The van der Waals surface area contributed by atoms with Crippen molar-refractivity contribution in [3.63, 3.8) is 0 Å². The van der Waals surface area contributed by atoms with E-state index >= 15 is 0 Å². The smallest absolute Gasteiger partial charge is 0.248 e. The highest BCUT2D eigenvalue weighted by Crippen LogP contribution is 2.64. The standard InChI is InChI=1S/C36H45N3O5/c1-6-15-25(4)37(22-7-2)34(43)31-36-21-20-35(5,44-36)29(32(41)38(23-8-3)27-18-13-10-14-19-27)30(36)33(42)39(31)28(24-40)26-16-11-9-12-17-26/h7-14,16-19,25,28-31,40H,2-3,6,15,20-24H2,1,4-5H3/t25?,28-,29-,30+,31?,35+,36?/m1/s1. The van der Waals surface area contributed by atoms with Crippen LogP contribution in [0.2, 0.25) is 0 Å². The van der Waals surface area contributed by atoms with Crippen LogP contribution in [0.1, 0.15) is 58.1 Å². The van der Waals surface area contributed by atoms with E-state index in [1.165, 1.54) is 0 Å². The molecule has 0 aromatic heterocycles. The summed E-state index contributed by atoms with van der Waals surface area (Å²) < 4.78 is 6.91. The van der Waals surface area contributed by atoms with Gasteiger partial charge in [-0.05, 0) is 50.8 Å². The quantitative estimate of drug-likeness (QED) is 0.331. The topological polar surface area (TPSA) is 90.4 Å². The molecule has 0 aliphatic carbocycles. The number of para-hydroxylation sites is 1. The highest BCUT2D eigenvalue weighted by Gasteiger charge is 2.79. The lowest BCUT2D eigenvalue weighted by Crippen LogP contribution is -2.58. The number of ether oxygens (including phenoxy) is 1. The lowest BCUT2D eigenvalue weighted by molar-refractivity contribution is -0.156. The molecular formula is C36H45N3O5. The molecule has 8 heteroatoms. The first-order valence-corrected chi connectivity index (χ1v) is 15.8. The summed E-state index contributed by atoms with van der Waals surface area (Å²) in [6, 6.07) is 16.7. The van der Waals surface area contributed by atoms with Gasteiger partial charge in [0, 0.05) is 24.8 Å². The summed E-state index contributed by atoms with van der Waals surface area (Å²) in [5.41, 5.74) is -0.727. The van der Waals surface area contributed by atoms with E-state index in [0.717, 1.165) is 18.4 Å². The number of nitrogens with zero attached hydrogens (tertiary/aromatic N) is 3. The minimum absolute atomic E-state index is 0.102. The first-order valence-electron chi connectivity index (χ1n) is 15.8. The van der Waals surface area contributed by atoms with E-state index in [4.69, 9.17) is 4.74 Å². The zero-order chi connectivity index (χ0) is 31.6. The predicted octanol–water partition coefficient (Wildman–Crippen LogP) is 4.91. The van der Waals surface area contributed by atoms with Crippen LogP contribution in [-0.4, -0.2) is 75.6 Å². The maximum absolute atomic E-state index is 14.9. The van der Waals surface area contributed by atoms with Crippen molar-refractivity contribution < 1.29 is 24.2 Å². The van der Waals surface area contributed by atoms with E-state index in [1.54, 1.807) is 26.9 Å². The molecule has 3 unspecified atom stereocenters. The van der Waals surface area contributed by atoms with Crippen molar-refractivity contribution in [1.82, 2.24) is 9.80 Å². The number of carbonyl (C=O) groups excluding carboxylic acids is 3. The molecular weight excluding hydrogens is 554 g/mol. The van der Waals surface area contributed by atoms with Gasteiger partial charge in [0.2, 0.25) is 17.7 Å². The molecule has 1 spiro atoms. The van der Waals surface area contributed by atoms with Gasteiger partial charge in [0.05, 0.1) is 30.1 Å². The minimum Gasteiger partial charge on any atom is -0.394 e. The fourth-order valence-corrected chi connectivity index (χ4v) is 7.97. The Labute approximate surface area is 261 Å². The predicted molar refractivity (Wildman–Crippen MR) is 171 cm³/mol. The number of amides is 3. The number of likely N-dealkylation sites (tertiary alicyclic amines) is 1. The van der Waals surface area contributed by atoms with Gasteiger partial charge in [-0.3, -0.25) is 14.4 Å². The molecule has 7 atom stereocenters. The minimum atomic E-state index is -1.21. The second kappa shape index (κ2) is 12.7. The number of benzene rings is 2. The Morgan fingerprint density at radius 1 is 1.05 bits per heavy atom. The van der Waals surface area contributed by atoms with E-state index in [0.29, 0.717) is 25.1 Å². The number of aliphatic hydroxyl groups is 1. The van der Waals surface area contributed by atoms with Crippen molar-refractivity contribution in [2.24, 2.45) is 11.8 Å². The van der Waals surface area contributed by atoms with Crippen molar-refractivity contribution in [2.75, 3.05) is 24.6 Å². The summed E-state index contributed by atoms with van der Waals surface area (Å²) in [6.45, 7) is 14.0. The molecule has 44 heavy (non-hydrogen) atoms. The molecule has 3 heterocycles. The van der Waals surface area contributed by atoms with Crippen LogP contribution in [0, 0.1) is 11.8 Å². The number of anilines is 1. The lowest BCUT2D eigenvalue weighted by Gasteiger charge is -2.41. The van der Waals surface area contributed by atoms with Crippen LogP contribution < -0.4 is 4.90 Å².